The SMILES string of the molecule is Cc1cc(C(N)=O)ccc1C1C2CCN(CC2)C1N. The first kappa shape index (κ1) is 12.6. The molecule has 2 atom stereocenters. The first-order chi connectivity index (χ1) is 9.08. The second kappa shape index (κ2) is 4.62. The maximum atomic E-state index is 11.2. The predicted molar refractivity (Wildman–Crippen MR) is 74.7 cm³/mol. The van der Waals surface area contributed by atoms with E-state index >= 15 is 0 Å². The van der Waals surface area contributed by atoms with E-state index in [1.807, 2.05) is 25.1 Å². The summed E-state index contributed by atoms with van der Waals surface area (Å²) in [5, 5.41) is 0. The third kappa shape index (κ3) is 2.05. The molecular weight excluding hydrogens is 238 g/mol. The second-order valence-electron chi connectivity index (χ2n) is 5.83. The van der Waals surface area contributed by atoms with Gasteiger partial charge >= 0.3 is 0 Å². The summed E-state index contributed by atoms with van der Waals surface area (Å²) in [5.41, 5.74) is 14.7. The molecule has 3 aliphatic rings. The normalized spacial score (nSPS) is 33.4. The Labute approximate surface area is 113 Å². The highest BCUT2D eigenvalue weighted by Crippen LogP contribution is 2.42. The van der Waals surface area contributed by atoms with E-state index in [-0.39, 0.29) is 12.1 Å². The van der Waals surface area contributed by atoms with E-state index in [1.54, 1.807) is 0 Å². The van der Waals surface area contributed by atoms with Crippen LogP contribution in [0.25, 0.3) is 0 Å². The van der Waals surface area contributed by atoms with E-state index in [4.69, 9.17) is 11.5 Å². The van der Waals surface area contributed by atoms with E-state index in [1.165, 1.54) is 18.4 Å². The van der Waals surface area contributed by atoms with Gasteiger partial charge in [-0.15, -0.1) is 0 Å². The molecule has 3 fully saturated rings. The molecule has 4 nitrogen and oxygen atoms in total. The maximum Gasteiger partial charge on any atom is 0.248 e. The maximum absolute atomic E-state index is 11.2. The van der Waals surface area contributed by atoms with Crippen LogP contribution in [0.5, 0.6) is 0 Å². The molecule has 0 spiro atoms. The van der Waals surface area contributed by atoms with Crippen LogP contribution in [-0.2, 0) is 0 Å². The van der Waals surface area contributed by atoms with Gasteiger partial charge in [0.1, 0.15) is 0 Å². The lowest BCUT2D eigenvalue weighted by atomic mass is 9.72. The minimum atomic E-state index is -0.368. The van der Waals surface area contributed by atoms with Gasteiger partial charge in [-0.1, -0.05) is 6.07 Å². The quantitative estimate of drug-likeness (QED) is 0.838. The van der Waals surface area contributed by atoms with Gasteiger partial charge < -0.3 is 11.5 Å². The minimum absolute atomic E-state index is 0.116. The van der Waals surface area contributed by atoms with Crippen molar-refractivity contribution >= 4 is 5.91 Å². The number of nitrogens with zero attached hydrogens (tertiary/aromatic N) is 1. The van der Waals surface area contributed by atoms with Crippen LogP contribution in [0.4, 0.5) is 0 Å². The molecule has 0 aliphatic carbocycles. The molecule has 4 N–H and O–H groups in total. The van der Waals surface area contributed by atoms with Crippen molar-refractivity contribution in [2.45, 2.75) is 31.8 Å². The van der Waals surface area contributed by atoms with Gasteiger partial charge in [-0.25, -0.2) is 0 Å². The molecule has 2 bridgehead atoms. The van der Waals surface area contributed by atoms with Crippen molar-refractivity contribution < 1.29 is 4.79 Å². The van der Waals surface area contributed by atoms with Gasteiger partial charge in [0.15, 0.2) is 0 Å². The number of fused-ring (bicyclic) bond motifs is 3. The molecule has 0 radical (unpaired) electrons. The van der Waals surface area contributed by atoms with Crippen LogP contribution in [-0.4, -0.2) is 30.1 Å². The molecule has 2 unspecified atom stereocenters. The molecule has 3 aliphatic heterocycles. The van der Waals surface area contributed by atoms with E-state index < -0.39 is 0 Å². The van der Waals surface area contributed by atoms with Crippen LogP contribution in [0.15, 0.2) is 18.2 Å². The summed E-state index contributed by atoms with van der Waals surface area (Å²) in [4.78, 5) is 13.6. The second-order valence-corrected chi connectivity index (χ2v) is 5.83. The summed E-state index contributed by atoms with van der Waals surface area (Å²) in [6, 6.07) is 5.76. The van der Waals surface area contributed by atoms with Gasteiger partial charge in [0.25, 0.3) is 0 Å². The number of rotatable bonds is 2. The smallest absolute Gasteiger partial charge is 0.248 e. The summed E-state index contributed by atoms with van der Waals surface area (Å²) in [5.74, 6) is 0.704. The third-order valence-corrected chi connectivity index (χ3v) is 4.79. The monoisotopic (exact) mass is 259 g/mol. The lowest BCUT2D eigenvalue weighted by molar-refractivity contribution is 0.0285. The molecule has 1 aromatic rings. The number of amides is 1. The highest BCUT2D eigenvalue weighted by atomic mass is 16.1. The predicted octanol–water partition coefficient (Wildman–Crippen LogP) is 1.19. The molecule has 0 aromatic heterocycles. The van der Waals surface area contributed by atoms with E-state index in [9.17, 15) is 4.79 Å². The molecule has 3 heterocycles. The summed E-state index contributed by atoms with van der Waals surface area (Å²) in [7, 11) is 0. The fraction of sp³-hybridized carbons (Fsp3) is 0.533. The first-order valence-electron chi connectivity index (χ1n) is 6.98. The molecule has 1 amide bonds. The zero-order valence-corrected chi connectivity index (χ0v) is 11.3. The van der Waals surface area contributed by atoms with Gasteiger partial charge in [-0.05, 0) is 62.0 Å². The zero-order valence-electron chi connectivity index (χ0n) is 11.3. The summed E-state index contributed by atoms with van der Waals surface area (Å²) < 4.78 is 0. The Morgan fingerprint density at radius 3 is 2.53 bits per heavy atom. The average molecular weight is 259 g/mol. The van der Waals surface area contributed by atoms with Crippen molar-refractivity contribution in [3.05, 3.63) is 34.9 Å². The van der Waals surface area contributed by atoms with Gasteiger partial charge in [0.05, 0.1) is 6.17 Å². The first-order valence-corrected chi connectivity index (χ1v) is 6.98. The van der Waals surface area contributed by atoms with Gasteiger partial charge in [0, 0.05) is 11.5 Å². The number of aryl methyl sites for hydroxylation is 1. The zero-order chi connectivity index (χ0) is 13.6. The molecule has 4 rings (SSSR count). The van der Waals surface area contributed by atoms with Crippen LogP contribution in [0, 0.1) is 12.8 Å². The Balaban J connectivity index is 1.96. The minimum Gasteiger partial charge on any atom is -0.366 e. The number of hydrogen-bond donors (Lipinski definition) is 2. The molecule has 102 valence electrons. The molecule has 3 saturated heterocycles. The van der Waals surface area contributed by atoms with Crippen LogP contribution < -0.4 is 11.5 Å². The van der Waals surface area contributed by atoms with Crippen molar-refractivity contribution in [1.82, 2.24) is 4.90 Å². The highest BCUT2D eigenvalue weighted by molar-refractivity contribution is 5.93. The van der Waals surface area contributed by atoms with Gasteiger partial charge in [-0.3, -0.25) is 9.69 Å². The average Bonchev–Trinajstić information content (AvgIpc) is 2.40. The number of hydrogen-bond acceptors (Lipinski definition) is 3. The molecular formula is C15H21N3O. The van der Waals surface area contributed by atoms with Crippen molar-refractivity contribution in [3.8, 4) is 0 Å². The van der Waals surface area contributed by atoms with Crippen molar-refractivity contribution in [3.63, 3.8) is 0 Å². The highest BCUT2D eigenvalue weighted by Gasteiger charge is 2.41. The van der Waals surface area contributed by atoms with Crippen LogP contribution in [0.3, 0.4) is 0 Å². The number of primary amides is 1. The van der Waals surface area contributed by atoms with Crippen molar-refractivity contribution in [2.75, 3.05) is 13.1 Å². The number of carbonyl (C=O) groups excluding carboxylic acids is 1. The van der Waals surface area contributed by atoms with Gasteiger partial charge in [0.2, 0.25) is 5.91 Å². The Kier molecular flexibility index (Phi) is 3.07. The Morgan fingerprint density at radius 2 is 2.00 bits per heavy atom. The lowest BCUT2D eigenvalue weighted by Gasteiger charge is -2.50. The van der Waals surface area contributed by atoms with Crippen molar-refractivity contribution in [2.24, 2.45) is 17.4 Å². The molecule has 4 heteroatoms. The largest absolute Gasteiger partial charge is 0.366 e. The Bertz CT molecular complexity index is 504. The number of piperidine rings is 3. The summed E-state index contributed by atoms with van der Waals surface area (Å²) >= 11 is 0. The summed E-state index contributed by atoms with van der Waals surface area (Å²) in [6.07, 6.45) is 2.58. The Hall–Kier alpha value is -1.39. The molecule has 19 heavy (non-hydrogen) atoms. The Morgan fingerprint density at radius 1 is 1.32 bits per heavy atom. The fourth-order valence-corrected chi connectivity index (χ4v) is 3.72. The van der Waals surface area contributed by atoms with E-state index in [2.05, 4.69) is 4.90 Å². The summed E-state index contributed by atoms with van der Waals surface area (Å²) in [6.45, 7) is 4.30. The van der Waals surface area contributed by atoms with Crippen LogP contribution in [0.1, 0.15) is 40.2 Å². The van der Waals surface area contributed by atoms with Crippen molar-refractivity contribution in [1.29, 1.82) is 0 Å². The van der Waals surface area contributed by atoms with Crippen LogP contribution >= 0.6 is 0 Å². The van der Waals surface area contributed by atoms with E-state index in [0.717, 1.165) is 18.7 Å². The number of benzene rings is 1. The number of carbonyl (C=O) groups is 1. The third-order valence-electron chi connectivity index (χ3n) is 4.79. The fourth-order valence-electron chi connectivity index (χ4n) is 3.72. The molecule has 0 saturated carbocycles. The lowest BCUT2D eigenvalue weighted by Crippen LogP contribution is -2.57. The molecule has 1 aromatic carbocycles. The topological polar surface area (TPSA) is 72.4 Å². The standard InChI is InChI=1S/C15H21N3O/c1-9-8-11(15(17)19)2-3-12(9)13-10-4-6-18(7-5-10)14(13)16/h2-3,8,10,13-14H,4-7,16H2,1H3,(H2,17,19). The van der Waals surface area contributed by atoms with Crippen LogP contribution in [0.2, 0.25) is 0 Å². The number of nitrogens with two attached hydrogens (primary N) is 2. The van der Waals surface area contributed by atoms with Gasteiger partial charge in [-0.2, -0.15) is 0 Å². The van der Waals surface area contributed by atoms with E-state index in [0.29, 0.717) is 17.4 Å².